The van der Waals surface area contributed by atoms with Crippen molar-refractivity contribution in [2.75, 3.05) is 7.11 Å². The summed E-state index contributed by atoms with van der Waals surface area (Å²) in [5.41, 5.74) is -0.0269. The second-order valence-electron chi connectivity index (χ2n) is 4.05. The molecule has 1 N–H and O–H groups in total. The van der Waals surface area contributed by atoms with E-state index in [9.17, 15) is 9.59 Å². The molecule has 0 atom stereocenters. The minimum Gasteiger partial charge on any atom is -0.497 e. The molecular formula is C14H12N2O4. The third-order valence-electron chi connectivity index (χ3n) is 2.69. The largest absolute Gasteiger partial charge is 0.497 e. The zero-order chi connectivity index (χ0) is 14.7. The Morgan fingerprint density at radius 1 is 1.30 bits per heavy atom. The van der Waals surface area contributed by atoms with Gasteiger partial charge in [-0.25, -0.2) is 14.8 Å². The van der Waals surface area contributed by atoms with E-state index in [4.69, 9.17) is 9.84 Å². The molecule has 0 aliphatic carbocycles. The number of methoxy groups -OCH3 is 1. The van der Waals surface area contributed by atoms with Crippen LogP contribution < -0.4 is 4.74 Å². The lowest BCUT2D eigenvalue weighted by atomic mass is 10.0. The van der Waals surface area contributed by atoms with Gasteiger partial charge in [-0.1, -0.05) is 12.1 Å². The number of ketones is 1. The molecule has 1 aromatic carbocycles. The molecular weight excluding hydrogens is 260 g/mol. The predicted octanol–water partition coefficient (Wildman–Crippen LogP) is 1.72. The van der Waals surface area contributed by atoms with Crippen molar-refractivity contribution in [3.05, 3.63) is 53.1 Å². The van der Waals surface area contributed by atoms with Crippen LogP contribution in [-0.2, 0) is 0 Å². The summed E-state index contributed by atoms with van der Waals surface area (Å²) in [7, 11) is 1.49. The number of nitrogens with zero attached hydrogens (tertiary/aromatic N) is 2. The minimum atomic E-state index is -1.26. The van der Waals surface area contributed by atoms with Gasteiger partial charge in [0.2, 0.25) is 0 Å². The fourth-order valence-corrected chi connectivity index (χ4v) is 1.72. The number of carboxylic acid groups (broad SMARTS) is 1. The summed E-state index contributed by atoms with van der Waals surface area (Å²) in [6.07, 6.45) is 1.23. The number of carbonyl (C=O) groups is 2. The molecule has 0 aliphatic rings. The van der Waals surface area contributed by atoms with E-state index >= 15 is 0 Å². The van der Waals surface area contributed by atoms with Gasteiger partial charge >= 0.3 is 5.97 Å². The number of hydrogen-bond donors (Lipinski definition) is 1. The maximum Gasteiger partial charge on any atom is 0.355 e. The van der Waals surface area contributed by atoms with Gasteiger partial charge in [-0.3, -0.25) is 4.79 Å². The smallest absolute Gasteiger partial charge is 0.355 e. The number of carboxylic acids is 1. The van der Waals surface area contributed by atoms with Crippen molar-refractivity contribution in [1.82, 2.24) is 9.97 Å². The maximum absolute atomic E-state index is 12.4. The molecule has 0 saturated heterocycles. The summed E-state index contributed by atoms with van der Waals surface area (Å²) in [6, 6.07) is 6.46. The van der Waals surface area contributed by atoms with E-state index in [2.05, 4.69) is 9.97 Å². The van der Waals surface area contributed by atoms with Gasteiger partial charge in [0, 0.05) is 11.8 Å². The summed E-state index contributed by atoms with van der Waals surface area (Å²) in [6.45, 7) is 1.56. The van der Waals surface area contributed by atoms with Crippen molar-refractivity contribution in [1.29, 1.82) is 0 Å². The van der Waals surface area contributed by atoms with Crippen LogP contribution in [0.1, 0.15) is 32.2 Å². The Morgan fingerprint density at radius 3 is 2.70 bits per heavy atom. The molecule has 6 heteroatoms. The average Bonchev–Trinajstić information content (AvgIpc) is 2.46. The standard InChI is InChI=1S/C14H12N2O4/c1-8-15-7-11(12(16-8)14(18)19)13(17)9-4-3-5-10(6-9)20-2/h3-7H,1-2H3,(H,18,19). The minimum absolute atomic E-state index is 0.0450. The van der Waals surface area contributed by atoms with E-state index in [-0.39, 0.29) is 11.3 Å². The van der Waals surface area contributed by atoms with E-state index in [1.807, 2.05) is 0 Å². The van der Waals surface area contributed by atoms with Gasteiger partial charge in [-0.05, 0) is 19.1 Å². The first kappa shape index (κ1) is 13.7. The normalized spacial score (nSPS) is 10.1. The van der Waals surface area contributed by atoms with Crippen molar-refractivity contribution < 1.29 is 19.4 Å². The molecule has 1 heterocycles. The van der Waals surface area contributed by atoms with Gasteiger partial charge in [0.05, 0.1) is 12.7 Å². The van der Waals surface area contributed by atoms with Crippen molar-refractivity contribution >= 4 is 11.8 Å². The fraction of sp³-hybridized carbons (Fsp3) is 0.143. The number of benzene rings is 1. The Kier molecular flexibility index (Phi) is 3.74. The van der Waals surface area contributed by atoms with Gasteiger partial charge in [0.1, 0.15) is 11.6 Å². The highest BCUT2D eigenvalue weighted by Crippen LogP contribution is 2.17. The van der Waals surface area contributed by atoms with Crippen LogP contribution in [-0.4, -0.2) is 33.9 Å². The van der Waals surface area contributed by atoms with Gasteiger partial charge in [0.15, 0.2) is 11.5 Å². The van der Waals surface area contributed by atoms with Crippen LogP contribution in [0.25, 0.3) is 0 Å². The van der Waals surface area contributed by atoms with Crippen LogP contribution in [0.15, 0.2) is 30.5 Å². The van der Waals surface area contributed by atoms with Crippen LogP contribution in [0.4, 0.5) is 0 Å². The van der Waals surface area contributed by atoms with Gasteiger partial charge in [-0.2, -0.15) is 0 Å². The second kappa shape index (κ2) is 5.48. The lowest BCUT2D eigenvalue weighted by molar-refractivity contribution is 0.0685. The Labute approximate surface area is 115 Å². The third-order valence-corrected chi connectivity index (χ3v) is 2.69. The number of aromatic nitrogens is 2. The maximum atomic E-state index is 12.4. The highest BCUT2D eigenvalue weighted by atomic mass is 16.5. The first-order chi connectivity index (χ1) is 9.52. The molecule has 0 amide bonds. The number of hydrogen-bond acceptors (Lipinski definition) is 5. The lowest BCUT2D eigenvalue weighted by Gasteiger charge is -2.06. The molecule has 0 fully saturated rings. The Morgan fingerprint density at radius 2 is 2.05 bits per heavy atom. The first-order valence-electron chi connectivity index (χ1n) is 5.78. The van der Waals surface area contributed by atoms with E-state index in [0.29, 0.717) is 17.1 Å². The highest BCUT2D eigenvalue weighted by Gasteiger charge is 2.20. The van der Waals surface area contributed by atoms with Crippen LogP contribution in [0.3, 0.4) is 0 Å². The van der Waals surface area contributed by atoms with Gasteiger partial charge < -0.3 is 9.84 Å². The van der Waals surface area contributed by atoms with E-state index in [1.54, 1.807) is 25.1 Å². The molecule has 20 heavy (non-hydrogen) atoms. The van der Waals surface area contributed by atoms with Gasteiger partial charge in [0.25, 0.3) is 0 Å². The average molecular weight is 272 g/mol. The molecule has 2 rings (SSSR count). The molecule has 6 nitrogen and oxygen atoms in total. The molecule has 0 bridgehead atoms. The van der Waals surface area contributed by atoms with E-state index in [0.717, 1.165) is 0 Å². The van der Waals surface area contributed by atoms with Crippen molar-refractivity contribution in [2.24, 2.45) is 0 Å². The predicted molar refractivity (Wildman–Crippen MR) is 70.2 cm³/mol. The molecule has 0 spiro atoms. The first-order valence-corrected chi connectivity index (χ1v) is 5.78. The summed E-state index contributed by atoms with van der Waals surface area (Å²) >= 11 is 0. The fourth-order valence-electron chi connectivity index (χ4n) is 1.72. The van der Waals surface area contributed by atoms with Gasteiger partial charge in [-0.15, -0.1) is 0 Å². The van der Waals surface area contributed by atoms with Crippen molar-refractivity contribution in [3.63, 3.8) is 0 Å². The number of rotatable bonds is 4. The van der Waals surface area contributed by atoms with Crippen molar-refractivity contribution in [3.8, 4) is 5.75 Å². The molecule has 102 valence electrons. The number of aromatic carboxylic acids is 1. The molecule has 1 aromatic heterocycles. The number of carbonyl (C=O) groups excluding carboxylic acids is 1. The summed E-state index contributed by atoms with van der Waals surface area (Å²) < 4.78 is 5.04. The molecule has 0 unspecified atom stereocenters. The highest BCUT2D eigenvalue weighted by molar-refractivity contribution is 6.13. The molecule has 2 aromatic rings. The molecule has 0 aliphatic heterocycles. The Balaban J connectivity index is 2.50. The summed E-state index contributed by atoms with van der Waals surface area (Å²) in [5.74, 6) is -0.909. The van der Waals surface area contributed by atoms with Crippen LogP contribution >= 0.6 is 0 Å². The topological polar surface area (TPSA) is 89.4 Å². The zero-order valence-corrected chi connectivity index (χ0v) is 11.0. The van der Waals surface area contributed by atoms with Crippen LogP contribution in [0.5, 0.6) is 5.75 Å². The quantitative estimate of drug-likeness (QED) is 0.852. The second-order valence-corrected chi connectivity index (χ2v) is 4.05. The molecule has 0 saturated carbocycles. The SMILES string of the molecule is COc1cccc(C(=O)c2cnc(C)nc2C(=O)O)c1. The van der Waals surface area contributed by atoms with E-state index in [1.165, 1.54) is 19.4 Å². The Bertz CT molecular complexity index is 683. The van der Waals surface area contributed by atoms with Crippen LogP contribution in [0.2, 0.25) is 0 Å². The van der Waals surface area contributed by atoms with Crippen molar-refractivity contribution in [2.45, 2.75) is 6.92 Å². The Hall–Kier alpha value is -2.76. The molecule has 0 radical (unpaired) electrons. The van der Waals surface area contributed by atoms with E-state index < -0.39 is 11.8 Å². The number of ether oxygens (including phenoxy) is 1. The number of aryl methyl sites for hydroxylation is 1. The zero-order valence-electron chi connectivity index (χ0n) is 11.0. The summed E-state index contributed by atoms with van der Waals surface area (Å²) in [5, 5.41) is 9.12. The third kappa shape index (κ3) is 2.64. The lowest BCUT2D eigenvalue weighted by Crippen LogP contribution is -2.13. The monoisotopic (exact) mass is 272 g/mol. The summed E-state index contributed by atoms with van der Waals surface area (Å²) in [4.78, 5) is 31.2. The van der Waals surface area contributed by atoms with Crippen LogP contribution in [0, 0.1) is 6.92 Å².